The standard InChI is InChI=1S/C9H13N3O2/c1-3-11-8(13)7-4-6(10)5-12-9(7)14-2/h4-5H,3,10H2,1-2H3,(H,11,13). The first-order valence-corrected chi connectivity index (χ1v) is 4.26. The number of nitrogens with zero attached hydrogens (tertiary/aromatic N) is 1. The lowest BCUT2D eigenvalue weighted by molar-refractivity contribution is 0.0952. The second kappa shape index (κ2) is 4.45. The molecule has 5 nitrogen and oxygen atoms in total. The normalized spacial score (nSPS) is 9.57. The molecule has 0 saturated heterocycles. The van der Waals surface area contributed by atoms with Gasteiger partial charge in [0.2, 0.25) is 5.88 Å². The molecule has 0 bridgehead atoms. The summed E-state index contributed by atoms with van der Waals surface area (Å²) >= 11 is 0. The summed E-state index contributed by atoms with van der Waals surface area (Å²) in [6.45, 7) is 2.39. The van der Waals surface area contributed by atoms with Crippen LogP contribution in [0, 0.1) is 0 Å². The van der Waals surface area contributed by atoms with Crippen molar-refractivity contribution in [3.63, 3.8) is 0 Å². The van der Waals surface area contributed by atoms with E-state index in [2.05, 4.69) is 10.3 Å². The molecule has 0 aliphatic carbocycles. The van der Waals surface area contributed by atoms with Crippen LogP contribution in [0.4, 0.5) is 5.69 Å². The van der Waals surface area contributed by atoms with Gasteiger partial charge in [-0.25, -0.2) is 4.98 Å². The molecule has 1 heterocycles. The van der Waals surface area contributed by atoms with Gasteiger partial charge >= 0.3 is 0 Å². The van der Waals surface area contributed by atoms with Crippen molar-refractivity contribution in [1.82, 2.24) is 10.3 Å². The molecular weight excluding hydrogens is 182 g/mol. The van der Waals surface area contributed by atoms with Crippen molar-refractivity contribution in [3.8, 4) is 5.88 Å². The molecule has 0 aliphatic heterocycles. The van der Waals surface area contributed by atoms with E-state index in [9.17, 15) is 4.79 Å². The van der Waals surface area contributed by atoms with E-state index < -0.39 is 0 Å². The van der Waals surface area contributed by atoms with Crippen molar-refractivity contribution in [2.45, 2.75) is 6.92 Å². The second-order valence-corrected chi connectivity index (χ2v) is 2.68. The molecule has 1 rings (SSSR count). The van der Waals surface area contributed by atoms with Crippen LogP contribution in [-0.2, 0) is 0 Å². The van der Waals surface area contributed by atoms with Crippen LogP contribution in [-0.4, -0.2) is 24.5 Å². The number of ether oxygens (including phenoxy) is 1. The van der Waals surface area contributed by atoms with Crippen molar-refractivity contribution in [3.05, 3.63) is 17.8 Å². The number of nitrogens with two attached hydrogens (primary N) is 1. The molecule has 0 unspecified atom stereocenters. The zero-order chi connectivity index (χ0) is 10.6. The fourth-order valence-corrected chi connectivity index (χ4v) is 1.05. The maximum atomic E-state index is 11.5. The van der Waals surface area contributed by atoms with E-state index in [1.54, 1.807) is 0 Å². The first-order valence-electron chi connectivity index (χ1n) is 4.26. The third-order valence-electron chi connectivity index (χ3n) is 1.65. The minimum atomic E-state index is -0.232. The fourth-order valence-electron chi connectivity index (χ4n) is 1.05. The van der Waals surface area contributed by atoms with Crippen LogP contribution >= 0.6 is 0 Å². The van der Waals surface area contributed by atoms with Gasteiger partial charge in [0.15, 0.2) is 0 Å². The van der Waals surface area contributed by atoms with Crippen LogP contribution in [0.15, 0.2) is 12.3 Å². The van der Waals surface area contributed by atoms with E-state index in [0.717, 1.165) is 0 Å². The number of carbonyl (C=O) groups excluding carboxylic acids is 1. The molecule has 0 fully saturated rings. The van der Waals surface area contributed by atoms with E-state index in [1.165, 1.54) is 19.4 Å². The van der Waals surface area contributed by atoms with Crippen LogP contribution in [0.25, 0.3) is 0 Å². The summed E-state index contributed by atoms with van der Waals surface area (Å²) in [6, 6.07) is 1.54. The summed E-state index contributed by atoms with van der Waals surface area (Å²) in [5, 5.41) is 2.65. The lowest BCUT2D eigenvalue weighted by atomic mass is 10.2. The molecule has 0 aliphatic rings. The number of amides is 1. The van der Waals surface area contributed by atoms with Crippen molar-refractivity contribution in [2.24, 2.45) is 0 Å². The van der Waals surface area contributed by atoms with E-state index >= 15 is 0 Å². The van der Waals surface area contributed by atoms with Gasteiger partial charge in [0, 0.05) is 6.54 Å². The topological polar surface area (TPSA) is 77.2 Å². The van der Waals surface area contributed by atoms with Gasteiger partial charge in [-0.3, -0.25) is 4.79 Å². The Labute approximate surface area is 82.3 Å². The van der Waals surface area contributed by atoms with Gasteiger partial charge in [0.05, 0.1) is 19.0 Å². The monoisotopic (exact) mass is 195 g/mol. The Hall–Kier alpha value is -1.78. The average molecular weight is 195 g/mol. The predicted molar refractivity (Wildman–Crippen MR) is 53.2 cm³/mol. The lowest BCUT2D eigenvalue weighted by Crippen LogP contribution is -2.23. The SMILES string of the molecule is CCNC(=O)c1cc(N)cnc1OC. The molecule has 1 aromatic rings. The Balaban J connectivity index is 3.03. The highest BCUT2D eigenvalue weighted by Gasteiger charge is 2.12. The van der Waals surface area contributed by atoms with Gasteiger partial charge in [-0.15, -0.1) is 0 Å². The maximum Gasteiger partial charge on any atom is 0.256 e. The van der Waals surface area contributed by atoms with Crippen molar-refractivity contribution in [1.29, 1.82) is 0 Å². The number of anilines is 1. The van der Waals surface area contributed by atoms with E-state index in [-0.39, 0.29) is 11.8 Å². The van der Waals surface area contributed by atoms with Crippen LogP contribution in [0.3, 0.4) is 0 Å². The molecule has 14 heavy (non-hydrogen) atoms. The zero-order valence-corrected chi connectivity index (χ0v) is 8.20. The maximum absolute atomic E-state index is 11.5. The Morgan fingerprint density at radius 2 is 2.43 bits per heavy atom. The largest absolute Gasteiger partial charge is 0.480 e. The number of nitrogens with one attached hydrogen (secondary N) is 1. The molecule has 0 saturated carbocycles. The zero-order valence-electron chi connectivity index (χ0n) is 8.20. The number of carbonyl (C=O) groups is 1. The van der Waals surface area contributed by atoms with Gasteiger partial charge in [-0.1, -0.05) is 0 Å². The molecule has 0 atom stereocenters. The average Bonchev–Trinajstić information content (AvgIpc) is 2.18. The minimum Gasteiger partial charge on any atom is -0.480 e. The van der Waals surface area contributed by atoms with E-state index in [0.29, 0.717) is 17.8 Å². The summed E-state index contributed by atoms with van der Waals surface area (Å²) in [5.74, 6) is 0.0503. The van der Waals surface area contributed by atoms with Gasteiger partial charge in [-0.05, 0) is 13.0 Å². The van der Waals surface area contributed by atoms with Crippen LogP contribution in [0.2, 0.25) is 0 Å². The van der Waals surface area contributed by atoms with Gasteiger partial charge < -0.3 is 15.8 Å². The van der Waals surface area contributed by atoms with Gasteiger partial charge in [0.1, 0.15) is 5.56 Å². The van der Waals surface area contributed by atoms with Crippen molar-refractivity contribution < 1.29 is 9.53 Å². The molecule has 1 aromatic heterocycles. The second-order valence-electron chi connectivity index (χ2n) is 2.68. The van der Waals surface area contributed by atoms with E-state index in [1.807, 2.05) is 6.92 Å². The Morgan fingerprint density at radius 3 is 3.00 bits per heavy atom. The molecular formula is C9H13N3O2. The number of hydrogen-bond acceptors (Lipinski definition) is 4. The quantitative estimate of drug-likeness (QED) is 0.732. The van der Waals surface area contributed by atoms with Crippen LogP contribution in [0.1, 0.15) is 17.3 Å². The number of pyridine rings is 1. The fraction of sp³-hybridized carbons (Fsp3) is 0.333. The third kappa shape index (κ3) is 2.12. The first kappa shape index (κ1) is 10.3. The lowest BCUT2D eigenvalue weighted by Gasteiger charge is -2.07. The highest BCUT2D eigenvalue weighted by Crippen LogP contribution is 2.16. The molecule has 0 spiro atoms. The van der Waals surface area contributed by atoms with Gasteiger partial charge in [0.25, 0.3) is 5.91 Å². The number of rotatable bonds is 3. The summed E-state index contributed by atoms with van der Waals surface area (Å²) in [5.41, 5.74) is 6.31. The molecule has 76 valence electrons. The third-order valence-corrected chi connectivity index (χ3v) is 1.65. The van der Waals surface area contributed by atoms with Crippen LogP contribution < -0.4 is 15.8 Å². The Bertz CT molecular complexity index is 339. The highest BCUT2D eigenvalue weighted by atomic mass is 16.5. The smallest absolute Gasteiger partial charge is 0.256 e. The first-order chi connectivity index (χ1) is 6.69. The summed E-state index contributed by atoms with van der Waals surface area (Å²) < 4.78 is 4.94. The van der Waals surface area contributed by atoms with E-state index in [4.69, 9.17) is 10.5 Å². The summed E-state index contributed by atoms with van der Waals surface area (Å²) in [7, 11) is 1.46. The number of aromatic nitrogens is 1. The Morgan fingerprint density at radius 1 is 1.71 bits per heavy atom. The number of nitrogen functional groups attached to an aromatic ring is 1. The van der Waals surface area contributed by atoms with Crippen LogP contribution in [0.5, 0.6) is 5.88 Å². The number of methoxy groups -OCH3 is 1. The summed E-state index contributed by atoms with van der Waals surface area (Å²) in [4.78, 5) is 15.4. The van der Waals surface area contributed by atoms with Gasteiger partial charge in [-0.2, -0.15) is 0 Å². The molecule has 0 radical (unpaired) electrons. The number of hydrogen-bond donors (Lipinski definition) is 2. The molecule has 0 aromatic carbocycles. The molecule has 1 amide bonds. The Kier molecular flexibility index (Phi) is 3.28. The molecule has 5 heteroatoms. The minimum absolute atomic E-state index is 0.232. The highest BCUT2D eigenvalue weighted by molar-refractivity contribution is 5.97. The molecule has 3 N–H and O–H groups in total. The predicted octanol–water partition coefficient (Wildman–Crippen LogP) is 0.422. The van der Waals surface area contributed by atoms with Crippen molar-refractivity contribution >= 4 is 11.6 Å². The summed E-state index contributed by atoms with van der Waals surface area (Å²) in [6.07, 6.45) is 1.45. The van der Waals surface area contributed by atoms with Crippen molar-refractivity contribution in [2.75, 3.05) is 19.4 Å².